The maximum absolute atomic E-state index is 4.42. The van der Waals surface area contributed by atoms with Crippen LogP contribution < -0.4 is 52.9 Å². The lowest BCUT2D eigenvalue weighted by Crippen LogP contribution is -3.00. The Morgan fingerprint density at radius 3 is 1.57 bits per heavy atom. The number of imidazole rings is 2. The lowest BCUT2D eigenvalue weighted by atomic mass is 10.3. The SMILES string of the molecule is C.CN(C)c1ccc(N=Nc2cccc[n+]2CCCBr)cc1.CN(C)c1ccc(N=Nc2cccc[n+]2CCCn2ccnc2)cc1.[Br-].[Br-].c1c[nH]cn1. The van der Waals surface area contributed by atoms with Crippen LogP contribution in [0.15, 0.2) is 155 Å². The zero-order valence-electron chi connectivity index (χ0n) is 30.5. The third-order valence-electron chi connectivity index (χ3n) is 7.41. The summed E-state index contributed by atoms with van der Waals surface area (Å²) in [6.45, 7) is 2.75. The summed E-state index contributed by atoms with van der Waals surface area (Å²) in [5, 5.41) is 18.5. The molecule has 0 fully saturated rings. The standard InChI is InChI=1S/C19H23N6.C16H20BrN4.C3H4N2.CH4.2BrH/c1-23(2)18-9-7-17(8-10-18)21-22-19-6-3-4-13-25(19)14-5-12-24-15-11-20-16-24;1-20(2)15-9-7-14(8-10-15)18-19-16-6-3-4-12-21(16)13-5-11-17;1-2-5-3-4-1;;;/h3-4,6-11,13,15-16H,5,12,14H2,1-2H3;3-4,6-10,12H,5,11,13H2,1-2H3;1-3H,(H,4,5);1H4;2*1H/q2*+1;;;;/p-2. The zero-order valence-corrected chi connectivity index (χ0v) is 35.3. The fourth-order valence-corrected chi connectivity index (χ4v) is 4.89. The number of azo groups is 2. The molecule has 15 heteroatoms. The summed E-state index contributed by atoms with van der Waals surface area (Å²) < 4.78 is 6.31. The fraction of sp³-hybridized carbons (Fsp3) is 0.282. The lowest BCUT2D eigenvalue weighted by Gasteiger charge is -2.11. The first-order valence-electron chi connectivity index (χ1n) is 16.7. The highest BCUT2D eigenvalue weighted by atomic mass is 79.9. The number of aromatic amines is 1. The lowest BCUT2D eigenvalue weighted by molar-refractivity contribution is -0.685. The van der Waals surface area contributed by atoms with Gasteiger partial charge in [-0.3, -0.25) is 0 Å². The predicted molar refractivity (Wildman–Crippen MR) is 214 cm³/mol. The first-order chi connectivity index (χ1) is 24.9. The van der Waals surface area contributed by atoms with Crippen molar-refractivity contribution in [1.82, 2.24) is 19.5 Å². The van der Waals surface area contributed by atoms with Gasteiger partial charge in [-0.25, -0.2) is 19.1 Å². The predicted octanol–water partition coefficient (Wildman–Crippen LogP) is 3.04. The summed E-state index contributed by atoms with van der Waals surface area (Å²) in [6.07, 6.45) is 16.8. The first-order valence-corrected chi connectivity index (χ1v) is 17.8. The van der Waals surface area contributed by atoms with E-state index in [0.717, 1.165) is 72.2 Å². The highest BCUT2D eigenvalue weighted by Crippen LogP contribution is 2.21. The summed E-state index contributed by atoms with van der Waals surface area (Å²) in [4.78, 5) is 14.6. The molecule has 4 heterocycles. The number of rotatable bonds is 13. The van der Waals surface area contributed by atoms with Crippen LogP contribution in [-0.4, -0.2) is 53.0 Å². The van der Waals surface area contributed by atoms with Crippen molar-refractivity contribution < 1.29 is 43.1 Å². The molecule has 0 amide bonds. The van der Waals surface area contributed by atoms with E-state index < -0.39 is 0 Å². The van der Waals surface area contributed by atoms with Gasteiger partial charge in [-0.05, 0) is 77.3 Å². The van der Waals surface area contributed by atoms with Crippen molar-refractivity contribution in [3.63, 3.8) is 0 Å². The van der Waals surface area contributed by atoms with Gasteiger partial charge in [0.1, 0.15) is 11.4 Å². The molecule has 0 saturated heterocycles. The number of hydrogen-bond acceptors (Lipinski definition) is 8. The molecule has 0 aliphatic heterocycles. The molecular formula is C39H51Br3N12. The third kappa shape index (κ3) is 17.0. The highest BCUT2D eigenvalue weighted by molar-refractivity contribution is 9.09. The van der Waals surface area contributed by atoms with Crippen molar-refractivity contribution in [2.24, 2.45) is 20.5 Å². The number of H-pyrrole nitrogens is 1. The summed E-state index contributed by atoms with van der Waals surface area (Å²) in [5.74, 6) is 1.72. The largest absolute Gasteiger partial charge is 1.00 e. The molecule has 54 heavy (non-hydrogen) atoms. The van der Waals surface area contributed by atoms with Crippen LogP contribution in [0.1, 0.15) is 20.3 Å². The van der Waals surface area contributed by atoms with Gasteiger partial charge in [-0.1, -0.05) is 35.5 Å². The number of alkyl halides is 1. The van der Waals surface area contributed by atoms with Crippen molar-refractivity contribution >= 4 is 50.3 Å². The Balaban J connectivity index is 0.000000459. The number of pyridine rings is 2. The van der Waals surface area contributed by atoms with Crippen LogP contribution in [0, 0.1) is 0 Å². The maximum Gasteiger partial charge on any atom is 0.350 e. The minimum absolute atomic E-state index is 0. The fourth-order valence-electron chi connectivity index (χ4n) is 4.64. The number of anilines is 2. The quantitative estimate of drug-likeness (QED) is 0.109. The van der Waals surface area contributed by atoms with Crippen molar-refractivity contribution in [2.75, 3.05) is 43.3 Å². The minimum atomic E-state index is 0. The van der Waals surface area contributed by atoms with Gasteiger partial charge in [0.25, 0.3) is 0 Å². The summed E-state index contributed by atoms with van der Waals surface area (Å²) in [6, 6.07) is 28.0. The number of halogens is 3. The molecule has 0 radical (unpaired) electrons. The molecule has 2 aromatic carbocycles. The molecule has 0 aliphatic carbocycles. The Morgan fingerprint density at radius 2 is 1.19 bits per heavy atom. The number of nitrogens with zero attached hydrogens (tertiary/aromatic N) is 11. The third-order valence-corrected chi connectivity index (χ3v) is 7.98. The Morgan fingerprint density at radius 1 is 0.667 bits per heavy atom. The molecule has 0 spiro atoms. The number of nitrogens with one attached hydrogen (secondary N) is 1. The van der Waals surface area contributed by atoms with Crippen molar-refractivity contribution in [3.05, 3.63) is 135 Å². The summed E-state index contributed by atoms with van der Waals surface area (Å²) in [5.41, 5.74) is 4.00. The highest BCUT2D eigenvalue weighted by Gasteiger charge is 2.10. The van der Waals surface area contributed by atoms with E-state index in [1.165, 1.54) is 0 Å². The Hall–Kier alpha value is -4.60. The van der Waals surface area contributed by atoms with Crippen LogP contribution in [0.5, 0.6) is 0 Å². The van der Waals surface area contributed by atoms with Crippen molar-refractivity contribution in [2.45, 2.75) is 39.9 Å². The Labute approximate surface area is 349 Å². The number of aromatic nitrogens is 6. The number of benzene rings is 2. The van der Waals surface area contributed by atoms with Gasteiger partial charge in [-0.15, -0.1) is 0 Å². The average molecular weight is 928 g/mol. The minimum Gasteiger partial charge on any atom is -1.00 e. The molecular weight excluding hydrogens is 876 g/mol. The van der Waals surface area contributed by atoms with E-state index >= 15 is 0 Å². The van der Waals surface area contributed by atoms with Gasteiger partial charge in [0.15, 0.2) is 0 Å². The number of aryl methyl sites for hydroxylation is 3. The van der Waals surface area contributed by atoms with Gasteiger partial charge in [0.2, 0.25) is 0 Å². The molecule has 4 aromatic heterocycles. The molecule has 288 valence electrons. The molecule has 0 bridgehead atoms. The average Bonchev–Trinajstić information content (AvgIpc) is 3.92. The zero-order chi connectivity index (χ0) is 36.1. The van der Waals surface area contributed by atoms with Crippen LogP contribution in [0.2, 0.25) is 0 Å². The van der Waals surface area contributed by atoms with E-state index in [9.17, 15) is 0 Å². The molecule has 0 atom stereocenters. The molecule has 6 rings (SSSR count). The second kappa shape index (κ2) is 27.1. The van der Waals surface area contributed by atoms with E-state index in [1.54, 1.807) is 24.9 Å². The first kappa shape index (κ1) is 47.4. The summed E-state index contributed by atoms with van der Waals surface area (Å²) in [7, 11) is 8.08. The van der Waals surface area contributed by atoms with Crippen molar-refractivity contribution in [3.8, 4) is 0 Å². The van der Waals surface area contributed by atoms with Crippen LogP contribution in [0.25, 0.3) is 0 Å². The van der Waals surface area contributed by atoms with Crippen LogP contribution in [0.3, 0.4) is 0 Å². The molecule has 0 unspecified atom stereocenters. The maximum atomic E-state index is 4.42. The smallest absolute Gasteiger partial charge is 0.350 e. The van der Waals surface area contributed by atoms with E-state index in [2.05, 4.69) is 74.8 Å². The van der Waals surface area contributed by atoms with Gasteiger partial charge in [-0.2, -0.15) is 0 Å². The molecule has 1 N–H and O–H groups in total. The monoisotopic (exact) mass is 924 g/mol. The molecule has 6 aromatic rings. The Kier molecular flexibility index (Phi) is 23.8. The van der Waals surface area contributed by atoms with Crippen LogP contribution in [0.4, 0.5) is 34.4 Å². The van der Waals surface area contributed by atoms with E-state index in [4.69, 9.17) is 0 Å². The topological polar surface area (TPSA) is 110 Å². The second-order valence-corrected chi connectivity index (χ2v) is 12.5. The van der Waals surface area contributed by atoms with Gasteiger partial charge in [0.05, 0.1) is 48.4 Å². The van der Waals surface area contributed by atoms with Gasteiger partial charge >= 0.3 is 11.6 Å². The normalized spacial score (nSPS) is 10.2. The van der Waals surface area contributed by atoms with E-state index in [1.807, 2.05) is 138 Å². The number of hydrogen-bond donors (Lipinski definition) is 1. The molecule has 0 aliphatic rings. The van der Waals surface area contributed by atoms with Crippen LogP contribution in [-0.2, 0) is 19.6 Å². The van der Waals surface area contributed by atoms with E-state index in [0.29, 0.717) is 0 Å². The Bertz CT molecular complexity index is 1850. The van der Waals surface area contributed by atoms with Gasteiger partial charge < -0.3 is 53.3 Å². The molecule has 12 nitrogen and oxygen atoms in total. The van der Waals surface area contributed by atoms with Crippen LogP contribution >= 0.6 is 15.9 Å². The van der Waals surface area contributed by atoms with E-state index in [-0.39, 0.29) is 41.4 Å². The summed E-state index contributed by atoms with van der Waals surface area (Å²) >= 11 is 3.45. The van der Waals surface area contributed by atoms with Gasteiger partial charge in [0, 0.05) is 94.8 Å². The van der Waals surface area contributed by atoms with Crippen molar-refractivity contribution in [1.29, 1.82) is 0 Å². The second-order valence-electron chi connectivity index (χ2n) is 11.7. The molecule has 0 saturated carbocycles.